The minimum atomic E-state index is -1.00. The maximum Gasteiger partial charge on any atom is 0.341 e. The first-order valence-corrected chi connectivity index (χ1v) is 7.78. The summed E-state index contributed by atoms with van der Waals surface area (Å²) in [6, 6.07) is 7.05. The highest BCUT2D eigenvalue weighted by Crippen LogP contribution is 2.30. The van der Waals surface area contributed by atoms with Crippen molar-refractivity contribution in [2.45, 2.75) is 45.1 Å². The number of rotatable bonds is 8. The van der Waals surface area contributed by atoms with E-state index in [1.54, 1.807) is 12.1 Å². The van der Waals surface area contributed by atoms with Gasteiger partial charge in [-0.25, -0.2) is 4.79 Å². The fourth-order valence-electron chi connectivity index (χ4n) is 2.51. The monoisotopic (exact) mass is 305 g/mol. The van der Waals surface area contributed by atoms with Crippen LogP contribution in [0.25, 0.3) is 0 Å². The van der Waals surface area contributed by atoms with Gasteiger partial charge in [-0.1, -0.05) is 31.4 Å². The fraction of sp³-hybridized carbons (Fsp3) is 0.529. The van der Waals surface area contributed by atoms with Crippen LogP contribution in [-0.4, -0.2) is 23.6 Å². The molecule has 2 rings (SSSR count). The lowest BCUT2D eigenvalue weighted by molar-refractivity contribution is -0.139. The number of carboxylic acids is 1. The molecule has 0 saturated heterocycles. The zero-order chi connectivity index (χ0) is 15.9. The molecule has 1 aliphatic rings. The van der Waals surface area contributed by atoms with Gasteiger partial charge < -0.3 is 15.2 Å². The van der Waals surface area contributed by atoms with E-state index in [4.69, 9.17) is 9.84 Å². The van der Waals surface area contributed by atoms with Crippen LogP contribution in [0.2, 0.25) is 0 Å². The van der Waals surface area contributed by atoms with Gasteiger partial charge in [-0.2, -0.15) is 0 Å². The molecule has 0 aromatic heterocycles. The summed E-state index contributed by atoms with van der Waals surface area (Å²) in [5.41, 5.74) is 0.972. The molecule has 5 nitrogen and oxygen atoms in total. The van der Waals surface area contributed by atoms with Crippen LogP contribution in [0, 0.1) is 5.92 Å². The summed E-state index contributed by atoms with van der Waals surface area (Å²) < 4.78 is 5.08. The second-order valence-electron chi connectivity index (χ2n) is 5.88. The zero-order valence-electron chi connectivity index (χ0n) is 12.9. The third kappa shape index (κ3) is 5.06. The second kappa shape index (κ2) is 7.82. The molecule has 1 unspecified atom stereocenters. The smallest absolute Gasteiger partial charge is 0.341 e. The van der Waals surface area contributed by atoms with Gasteiger partial charge in [0.05, 0.1) is 6.04 Å². The minimum absolute atomic E-state index is 0.0672. The maximum absolute atomic E-state index is 11.9. The van der Waals surface area contributed by atoms with Gasteiger partial charge in [0, 0.05) is 6.42 Å². The molecule has 0 spiro atoms. The molecule has 1 amide bonds. The highest BCUT2D eigenvalue weighted by molar-refractivity contribution is 5.76. The van der Waals surface area contributed by atoms with Crippen LogP contribution in [0.1, 0.15) is 50.6 Å². The van der Waals surface area contributed by atoms with Crippen molar-refractivity contribution in [1.82, 2.24) is 5.32 Å². The van der Waals surface area contributed by atoms with Crippen molar-refractivity contribution in [3.63, 3.8) is 0 Å². The van der Waals surface area contributed by atoms with Crippen LogP contribution in [0.4, 0.5) is 0 Å². The number of carbonyl (C=O) groups excluding carboxylic acids is 1. The molecule has 5 heteroatoms. The van der Waals surface area contributed by atoms with Crippen molar-refractivity contribution in [3.8, 4) is 5.75 Å². The van der Waals surface area contributed by atoms with E-state index in [-0.39, 0.29) is 18.6 Å². The first-order chi connectivity index (χ1) is 10.5. The van der Waals surface area contributed by atoms with Crippen molar-refractivity contribution < 1.29 is 19.4 Å². The summed E-state index contributed by atoms with van der Waals surface area (Å²) in [4.78, 5) is 22.3. The largest absolute Gasteiger partial charge is 0.482 e. The van der Waals surface area contributed by atoms with E-state index in [0.717, 1.165) is 17.9 Å². The van der Waals surface area contributed by atoms with Gasteiger partial charge in [-0.3, -0.25) is 4.79 Å². The summed E-state index contributed by atoms with van der Waals surface area (Å²) in [5.74, 6) is 0.336. The van der Waals surface area contributed by atoms with Gasteiger partial charge >= 0.3 is 5.97 Å². The summed E-state index contributed by atoms with van der Waals surface area (Å²) in [5, 5.41) is 11.6. The first kappa shape index (κ1) is 16.3. The predicted molar refractivity (Wildman–Crippen MR) is 82.7 cm³/mol. The average Bonchev–Trinajstić information content (AvgIpc) is 2.44. The number of carbonyl (C=O) groups is 2. The number of benzene rings is 1. The average molecular weight is 305 g/mol. The number of nitrogens with one attached hydrogen (secondary N) is 1. The third-order valence-electron chi connectivity index (χ3n) is 4.12. The Morgan fingerprint density at radius 2 is 2.00 bits per heavy atom. The fourth-order valence-corrected chi connectivity index (χ4v) is 2.51. The molecule has 22 heavy (non-hydrogen) atoms. The number of hydrogen-bond acceptors (Lipinski definition) is 3. The van der Waals surface area contributed by atoms with Gasteiger partial charge in [0.25, 0.3) is 0 Å². The van der Waals surface area contributed by atoms with Gasteiger partial charge in [0.1, 0.15) is 5.75 Å². The Balaban J connectivity index is 1.77. The highest BCUT2D eigenvalue weighted by Gasteiger charge is 2.19. The van der Waals surface area contributed by atoms with Gasteiger partial charge in [0.15, 0.2) is 6.61 Å². The summed E-state index contributed by atoms with van der Waals surface area (Å²) in [6.07, 6.45) is 5.41. The summed E-state index contributed by atoms with van der Waals surface area (Å²) in [7, 11) is 0. The maximum atomic E-state index is 11.9. The molecule has 1 atom stereocenters. The number of ether oxygens (including phenoxy) is 1. The third-order valence-corrected chi connectivity index (χ3v) is 4.12. The molecule has 0 aliphatic heterocycles. The summed E-state index contributed by atoms with van der Waals surface area (Å²) in [6.45, 7) is 1.58. The molecule has 2 N–H and O–H groups in total. The van der Waals surface area contributed by atoms with Crippen molar-refractivity contribution in [3.05, 3.63) is 29.8 Å². The number of hydrogen-bond donors (Lipinski definition) is 2. The van der Waals surface area contributed by atoms with Crippen LogP contribution < -0.4 is 10.1 Å². The normalized spacial score (nSPS) is 15.7. The van der Waals surface area contributed by atoms with E-state index in [0.29, 0.717) is 12.2 Å². The van der Waals surface area contributed by atoms with Crippen molar-refractivity contribution in [2.75, 3.05) is 6.61 Å². The molecule has 0 radical (unpaired) electrons. The lowest BCUT2D eigenvalue weighted by Gasteiger charge is -2.25. The molecule has 1 aliphatic carbocycles. The van der Waals surface area contributed by atoms with Gasteiger partial charge in [0.2, 0.25) is 5.91 Å². The van der Waals surface area contributed by atoms with Crippen LogP contribution in [0.3, 0.4) is 0 Å². The Kier molecular flexibility index (Phi) is 5.81. The lowest BCUT2D eigenvalue weighted by atomic mass is 9.82. The number of aliphatic carboxylic acids is 1. The van der Waals surface area contributed by atoms with Crippen LogP contribution in [0.5, 0.6) is 5.75 Å². The Morgan fingerprint density at radius 3 is 2.55 bits per heavy atom. The van der Waals surface area contributed by atoms with E-state index in [2.05, 4.69) is 5.32 Å². The molecule has 120 valence electrons. The molecule has 1 aromatic carbocycles. The lowest BCUT2D eigenvalue weighted by Crippen LogP contribution is -2.27. The molecule has 1 saturated carbocycles. The van der Waals surface area contributed by atoms with Gasteiger partial charge in [-0.15, -0.1) is 0 Å². The quantitative estimate of drug-likeness (QED) is 0.774. The Bertz CT molecular complexity index is 508. The number of carboxylic acid groups (broad SMARTS) is 1. The predicted octanol–water partition coefficient (Wildman–Crippen LogP) is 2.91. The van der Waals surface area contributed by atoms with Crippen molar-refractivity contribution in [1.29, 1.82) is 0 Å². The SMILES string of the molecule is CC(NC(=O)CCC1CCC1)c1ccc(OCC(=O)O)cc1. The molecule has 0 bridgehead atoms. The van der Waals surface area contributed by atoms with E-state index >= 15 is 0 Å². The van der Waals surface area contributed by atoms with E-state index in [1.807, 2.05) is 19.1 Å². The zero-order valence-corrected chi connectivity index (χ0v) is 12.9. The second-order valence-corrected chi connectivity index (χ2v) is 5.88. The molecule has 0 heterocycles. The molecule has 1 aromatic rings. The standard InChI is InChI=1S/C17H23NO4/c1-12(18-16(19)10-5-13-3-2-4-13)14-6-8-15(9-7-14)22-11-17(20)21/h6-9,12-13H,2-5,10-11H2,1H3,(H,18,19)(H,20,21). The Hall–Kier alpha value is -2.04. The van der Waals surface area contributed by atoms with E-state index in [9.17, 15) is 9.59 Å². The highest BCUT2D eigenvalue weighted by atomic mass is 16.5. The van der Waals surface area contributed by atoms with Crippen molar-refractivity contribution >= 4 is 11.9 Å². The van der Waals surface area contributed by atoms with Crippen LogP contribution in [-0.2, 0) is 9.59 Å². The molecular formula is C17H23NO4. The molecule has 1 fully saturated rings. The summed E-state index contributed by atoms with van der Waals surface area (Å²) >= 11 is 0. The van der Waals surface area contributed by atoms with Gasteiger partial charge in [-0.05, 0) is 37.0 Å². The Morgan fingerprint density at radius 1 is 1.32 bits per heavy atom. The van der Waals surface area contributed by atoms with Crippen molar-refractivity contribution in [2.24, 2.45) is 5.92 Å². The Labute approximate surface area is 130 Å². The number of amides is 1. The topological polar surface area (TPSA) is 75.6 Å². The van der Waals surface area contributed by atoms with E-state index < -0.39 is 5.97 Å². The minimum Gasteiger partial charge on any atom is -0.482 e. The van der Waals surface area contributed by atoms with Crippen LogP contribution in [0.15, 0.2) is 24.3 Å². The van der Waals surface area contributed by atoms with E-state index in [1.165, 1.54) is 19.3 Å². The molecular weight excluding hydrogens is 282 g/mol. The van der Waals surface area contributed by atoms with Crippen LogP contribution >= 0.6 is 0 Å². The first-order valence-electron chi connectivity index (χ1n) is 7.78.